The van der Waals surface area contributed by atoms with Crippen molar-refractivity contribution in [2.75, 3.05) is 6.54 Å². The second-order valence-corrected chi connectivity index (χ2v) is 4.51. The van der Waals surface area contributed by atoms with Crippen molar-refractivity contribution in [3.63, 3.8) is 0 Å². The van der Waals surface area contributed by atoms with Gasteiger partial charge in [0.15, 0.2) is 0 Å². The van der Waals surface area contributed by atoms with E-state index in [-0.39, 0.29) is 24.9 Å². The van der Waals surface area contributed by atoms with Crippen LogP contribution in [0.1, 0.15) is 17.5 Å². The minimum atomic E-state index is -4.49. The van der Waals surface area contributed by atoms with Crippen molar-refractivity contribution in [1.82, 2.24) is 10.4 Å². The van der Waals surface area contributed by atoms with E-state index in [0.29, 0.717) is 5.56 Å². The summed E-state index contributed by atoms with van der Waals surface area (Å²) in [4.78, 5) is 11.1. The Bertz CT molecular complexity index is 551. The van der Waals surface area contributed by atoms with E-state index < -0.39 is 18.1 Å². The molecule has 0 aliphatic carbocycles. The number of hydrazine groups is 1. The van der Waals surface area contributed by atoms with Gasteiger partial charge in [-0.3, -0.25) is 10.2 Å². The van der Waals surface area contributed by atoms with Crippen LogP contribution in [0.3, 0.4) is 0 Å². The van der Waals surface area contributed by atoms with Crippen molar-refractivity contribution in [2.45, 2.75) is 25.1 Å². The summed E-state index contributed by atoms with van der Waals surface area (Å²) >= 11 is 0. The first kappa shape index (κ1) is 14.3. The molecule has 1 aromatic carbocycles. The molecule has 0 saturated carbocycles. The van der Waals surface area contributed by atoms with E-state index in [1.807, 2.05) is 6.07 Å². The van der Waals surface area contributed by atoms with Crippen LogP contribution in [0.15, 0.2) is 24.3 Å². The van der Waals surface area contributed by atoms with Gasteiger partial charge in [0.2, 0.25) is 5.91 Å². The third-order valence-electron chi connectivity index (χ3n) is 3.15. The highest BCUT2D eigenvalue weighted by atomic mass is 19.4. The molecular formula is C13H12F3N3O. The molecule has 2 rings (SSSR count). The second-order valence-electron chi connectivity index (χ2n) is 4.51. The van der Waals surface area contributed by atoms with Gasteiger partial charge in [-0.2, -0.15) is 18.4 Å². The summed E-state index contributed by atoms with van der Waals surface area (Å²) in [5, 5.41) is 9.83. The van der Waals surface area contributed by atoms with Gasteiger partial charge >= 0.3 is 6.18 Å². The van der Waals surface area contributed by atoms with E-state index in [9.17, 15) is 18.0 Å². The maximum absolute atomic E-state index is 13.1. The predicted octanol–water partition coefficient (Wildman–Crippen LogP) is 1.77. The topological polar surface area (TPSA) is 56.1 Å². The highest BCUT2D eigenvalue weighted by molar-refractivity contribution is 5.77. The van der Waals surface area contributed by atoms with Gasteiger partial charge in [-0.05, 0) is 18.1 Å². The molecule has 1 amide bonds. The molecule has 1 aliphatic heterocycles. The smallest absolute Gasteiger partial charge is 0.288 e. The fourth-order valence-corrected chi connectivity index (χ4v) is 2.15. The average molecular weight is 283 g/mol. The summed E-state index contributed by atoms with van der Waals surface area (Å²) in [6, 6.07) is 6.21. The normalized spacial score (nSPS) is 17.6. The van der Waals surface area contributed by atoms with Gasteiger partial charge in [0, 0.05) is 13.0 Å². The van der Waals surface area contributed by atoms with Crippen molar-refractivity contribution in [1.29, 1.82) is 5.26 Å². The van der Waals surface area contributed by atoms with E-state index in [0.717, 1.165) is 5.01 Å². The number of nitrogens with one attached hydrogen (secondary N) is 1. The number of benzene rings is 1. The Kier molecular flexibility index (Phi) is 3.95. The van der Waals surface area contributed by atoms with Gasteiger partial charge in [0.25, 0.3) is 0 Å². The zero-order valence-corrected chi connectivity index (χ0v) is 10.4. The number of carbonyl (C=O) groups excluding carboxylic acids is 1. The quantitative estimate of drug-likeness (QED) is 0.919. The number of halogens is 3. The zero-order valence-electron chi connectivity index (χ0n) is 10.4. The zero-order chi connectivity index (χ0) is 14.8. The molecule has 20 heavy (non-hydrogen) atoms. The number of hydrogen-bond donors (Lipinski definition) is 1. The highest BCUT2D eigenvalue weighted by Gasteiger charge is 2.45. The highest BCUT2D eigenvalue weighted by Crippen LogP contribution is 2.29. The number of hydrogen-bond acceptors (Lipinski definition) is 3. The second kappa shape index (κ2) is 5.51. The van der Waals surface area contributed by atoms with Crippen molar-refractivity contribution < 1.29 is 18.0 Å². The first-order valence-corrected chi connectivity index (χ1v) is 6.02. The Hall–Kier alpha value is -2.07. The Balaban J connectivity index is 2.25. The monoisotopic (exact) mass is 283 g/mol. The van der Waals surface area contributed by atoms with Crippen LogP contribution in [0.5, 0.6) is 0 Å². The fourth-order valence-electron chi connectivity index (χ4n) is 2.15. The summed E-state index contributed by atoms with van der Waals surface area (Å²) in [6.07, 6.45) is -4.81. The lowest BCUT2D eigenvalue weighted by molar-refractivity contribution is -0.187. The molecule has 0 bridgehead atoms. The van der Waals surface area contributed by atoms with E-state index in [1.54, 1.807) is 12.1 Å². The molecule has 106 valence electrons. The summed E-state index contributed by atoms with van der Waals surface area (Å²) in [7, 11) is 0. The first-order valence-electron chi connectivity index (χ1n) is 6.02. The number of carbonyl (C=O) groups is 1. The van der Waals surface area contributed by atoms with Gasteiger partial charge < -0.3 is 0 Å². The minimum absolute atomic E-state index is 0.0116. The van der Waals surface area contributed by atoms with Crippen LogP contribution in [-0.2, 0) is 11.2 Å². The lowest BCUT2D eigenvalue weighted by Crippen LogP contribution is -2.51. The van der Waals surface area contributed by atoms with Gasteiger partial charge in [-0.15, -0.1) is 0 Å². The van der Waals surface area contributed by atoms with Crippen LogP contribution in [0.25, 0.3) is 0 Å². The molecule has 1 aromatic rings. The molecule has 4 nitrogen and oxygen atoms in total. The molecule has 0 radical (unpaired) electrons. The molecule has 1 saturated heterocycles. The molecule has 0 spiro atoms. The van der Waals surface area contributed by atoms with E-state index in [2.05, 4.69) is 5.43 Å². The molecule has 1 aliphatic rings. The molecule has 1 atom stereocenters. The van der Waals surface area contributed by atoms with Gasteiger partial charge in [-0.25, -0.2) is 5.01 Å². The summed E-state index contributed by atoms with van der Waals surface area (Å²) in [6.45, 7) is 0.0116. The van der Waals surface area contributed by atoms with Gasteiger partial charge in [0.05, 0.1) is 11.6 Å². The van der Waals surface area contributed by atoms with Crippen LogP contribution < -0.4 is 5.43 Å². The maximum Gasteiger partial charge on any atom is 0.406 e. The lowest BCUT2D eigenvalue weighted by atomic mass is 10.0. The summed E-state index contributed by atoms with van der Waals surface area (Å²) < 4.78 is 39.4. The van der Waals surface area contributed by atoms with Gasteiger partial charge in [0.1, 0.15) is 6.04 Å². The Morgan fingerprint density at radius 3 is 2.65 bits per heavy atom. The molecule has 1 fully saturated rings. The Morgan fingerprint density at radius 2 is 2.10 bits per heavy atom. The minimum Gasteiger partial charge on any atom is -0.288 e. The van der Waals surface area contributed by atoms with E-state index in [1.165, 1.54) is 12.1 Å². The molecule has 1 heterocycles. The Labute approximate surface area is 113 Å². The number of alkyl halides is 3. The largest absolute Gasteiger partial charge is 0.406 e. The third-order valence-corrected chi connectivity index (χ3v) is 3.15. The van der Waals surface area contributed by atoms with Crippen molar-refractivity contribution in [3.05, 3.63) is 35.4 Å². The molecule has 1 N–H and O–H groups in total. The van der Waals surface area contributed by atoms with E-state index in [4.69, 9.17) is 5.26 Å². The first-order chi connectivity index (χ1) is 9.41. The van der Waals surface area contributed by atoms with Crippen LogP contribution in [0, 0.1) is 11.3 Å². The van der Waals surface area contributed by atoms with Crippen molar-refractivity contribution in [2.24, 2.45) is 0 Å². The van der Waals surface area contributed by atoms with Crippen LogP contribution >= 0.6 is 0 Å². The third kappa shape index (κ3) is 3.08. The SMILES string of the molecule is N#Cc1ccccc1CC(N1CCC(=O)N1)C(F)(F)F. The maximum atomic E-state index is 13.1. The molecular weight excluding hydrogens is 271 g/mol. The number of nitrogens with zero attached hydrogens (tertiary/aromatic N) is 2. The van der Waals surface area contributed by atoms with Crippen molar-refractivity contribution in [3.8, 4) is 6.07 Å². The average Bonchev–Trinajstić information content (AvgIpc) is 2.81. The van der Waals surface area contributed by atoms with Crippen LogP contribution in [0.2, 0.25) is 0 Å². The Morgan fingerprint density at radius 1 is 1.40 bits per heavy atom. The molecule has 0 aromatic heterocycles. The lowest BCUT2D eigenvalue weighted by Gasteiger charge is -2.29. The standard InChI is InChI=1S/C13H12F3N3O/c14-13(15,16)11(19-6-5-12(20)18-19)7-9-3-1-2-4-10(9)8-17/h1-4,11H,5-7H2,(H,18,20). The summed E-state index contributed by atoms with van der Waals surface area (Å²) in [5.41, 5.74) is 2.74. The molecule has 7 heteroatoms. The number of amides is 1. The van der Waals surface area contributed by atoms with E-state index >= 15 is 0 Å². The van der Waals surface area contributed by atoms with Crippen LogP contribution in [-0.4, -0.2) is 29.7 Å². The molecule has 1 unspecified atom stereocenters. The van der Waals surface area contributed by atoms with Crippen LogP contribution in [0.4, 0.5) is 13.2 Å². The summed E-state index contributed by atoms with van der Waals surface area (Å²) in [5.74, 6) is -0.423. The predicted molar refractivity (Wildman–Crippen MR) is 64.2 cm³/mol. The number of rotatable bonds is 3. The van der Waals surface area contributed by atoms with Gasteiger partial charge in [-0.1, -0.05) is 18.2 Å². The van der Waals surface area contributed by atoms with Crippen molar-refractivity contribution >= 4 is 5.91 Å². The number of nitriles is 1. The fraction of sp³-hybridized carbons (Fsp3) is 0.385.